The first kappa shape index (κ1) is 21.5. The number of amides is 1. The Labute approximate surface area is 198 Å². The first-order valence-electron chi connectivity index (χ1n) is 11.3. The van der Waals surface area contributed by atoms with Crippen LogP contribution in [-0.4, -0.2) is 37.4 Å². The third kappa shape index (κ3) is 4.18. The van der Waals surface area contributed by atoms with Crippen LogP contribution in [0.2, 0.25) is 5.02 Å². The van der Waals surface area contributed by atoms with Crippen LogP contribution in [-0.2, 0) is 17.8 Å². The number of hydrogen-bond acceptors (Lipinski definition) is 4. The molecule has 7 heteroatoms. The molecule has 0 bridgehead atoms. The molecule has 1 aromatic heterocycles. The lowest BCUT2D eigenvalue weighted by Gasteiger charge is -2.30. The summed E-state index contributed by atoms with van der Waals surface area (Å²) in [6.45, 7) is 3.43. The largest absolute Gasteiger partial charge is 0.337 e. The third-order valence-corrected chi connectivity index (χ3v) is 7.92. The van der Waals surface area contributed by atoms with Gasteiger partial charge in [-0.05, 0) is 49.4 Å². The van der Waals surface area contributed by atoms with E-state index in [4.69, 9.17) is 11.6 Å². The minimum absolute atomic E-state index is 0.157. The number of fused-ring (bicyclic) bond motifs is 1. The second-order valence-electron chi connectivity index (χ2n) is 8.63. The Kier molecular flexibility index (Phi) is 6.24. The average molecular weight is 467 g/mol. The molecule has 2 aromatic carbocycles. The molecule has 0 radical (unpaired) electrons. The van der Waals surface area contributed by atoms with Gasteiger partial charge in [-0.1, -0.05) is 72.6 Å². The van der Waals surface area contributed by atoms with Crippen molar-refractivity contribution in [3.05, 3.63) is 64.7 Å². The molecule has 5 nitrogen and oxygen atoms in total. The molecule has 1 atom stereocenters. The molecule has 166 valence electrons. The molecule has 2 heterocycles. The van der Waals surface area contributed by atoms with Gasteiger partial charge in [0.15, 0.2) is 11.0 Å². The second kappa shape index (κ2) is 9.28. The molecule has 1 saturated carbocycles. The fourth-order valence-electron chi connectivity index (χ4n) is 4.82. The fraction of sp³-hybridized carbons (Fsp3) is 0.400. The van der Waals surface area contributed by atoms with Crippen molar-refractivity contribution in [2.45, 2.75) is 62.0 Å². The van der Waals surface area contributed by atoms with Crippen molar-refractivity contribution in [3.63, 3.8) is 0 Å². The van der Waals surface area contributed by atoms with Crippen LogP contribution in [0.15, 0.2) is 53.7 Å². The highest BCUT2D eigenvalue weighted by molar-refractivity contribution is 8.00. The Balaban J connectivity index is 1.39. The van der Waals surface area contributed by atoms with Crippen molar-refractivity contribution in [3.8, 4) is 11.4 Å². The normalized spacial score (nSPS) is 17.4. The summed E-state index contributed by atoms with van der Waals surface area (Å²) >= 11 is 8.01. The SMILES string of the molecule is CC(Sc1nnc(-c2ccccc2Cl)n1C1CCCC1)C(=O)N1CCc2ccccc2C1. The van der Waals surface area contributed by atoms with E-state index in [1.165, 1.54) is 35.7 Å². The van der Waals surface area contributed by atoms with E-state index in [0.717, 1.165) is 42.4 Å². The highest BCUT2D eigenvalue weighted by Crippen LogP contribution is 2.39. The fourth-order valence-corrected chi connectivity index (χ4v) is 6.05. The van der Waals surface area contributed by atoms with Gasteiger partial charge in [-0.3, -0.25) is 9.36 Å². The van der Waals surface area contributed by atoms with E-state index in [2.05, 4.69) is 33.0 Å². The molecule has 1 fully saturated rings. The van der Waals surface area contributed by atoms with Gasteiger partial charge in [-0.15, -0.1) is 10.2 Å². The van der Waals surface area contributed by atoms with E-state index in [-0.39, 0.29) is 11.2 Å². The highest BCUT2D eigenvalue weighted by atomic mass is 35.5. The van der Waals surface area contributed by atoms with Crippen molar-refractivity contribution < 1.29 is 4.79 Å². The molecule has 0 N–H and O–H groups in total. The summed E-state index contributed by atoms with van der Waals surface area (Å²) < 4.78 is 2.23. The molecule has 0 saturated heterocycles. The van der Waals surface area contributed by atoms with Gasteiger partial charge in [0.1, 0.15) is 0 Å². The van der Waals surface area contributed by atoms with Gasteiger partial charge in [-0.25, -0.2) is 0 Å². The zero-order valence-corrected chi connectivity index (χ0v) is 19.8. The number of carbonyl (C=O) groups is 1. The van der Waals surface area contributed by atoms with Crippen LogP contribution in [0.3, 0.4) is 0 Å². The van der Waals surface area contributed by atoms with E-state index in [0.29, 0.717) is 17.6 Å². The summed E-state index contributed by atoms with van der Waals surface area (Å²) in [6.07, 6.45) is 5.53. The molecule has 3 aromatic rings. The van der Waals surface area contributed by atoms with Crippen molar-refractivity contribution in [2.75, 3.05) is 6.54 Å². The Morgan fingerprint density at radius 2 is 1.78 bits per heavy atom. The van der Waals surface area contributed by atoms with E-state index < -0.39 is 0 Å². The molecule has 5 rings (SSSR count). The maximum Gasteiger partial charge on any atom is 0.236 e. The Morgan fingerprint density at radius 3 is 2.56 bits per heavy atom. The third-order valence-electron chi connectivity index (χ3n) is 6.54. The van der Waals surface area contributed by atoms with Gasteiger partial charge >= 0.3 is 0 Å². The first-order chi connectivity index (χ1) is 15.6. The van der Waals surface area contributed by atoms with Gasteiger partial charge in [0.05, 0.1) is 10.3 Å². The van der Waals surface area contributed by atoms with E-state index >= 15 is 0 Å². The van der Waals surface area contributed by atoms with Gasteiger partial charge in [0, 0.05) is 24.7 Å². The summed E-state index contributed by atoms with van der Waals surface area (Å²) in [5.41, 5.74) is 3.49. The highest BCUT2D eigenvalue weighted by Gasteiger charge is 2.30. The molecular formula is C25H27ClN4OS. The molecule has 1 aliphatic heterocycles. The van der Waals surface area contributed by atoms with Crippen LogP contribution in [0.5, 0.6) is 0 Å². The van der Waals surface area contributed by atoms with Gasteiger partial charge < -0.3 is 4.90 Å². The number of hydrogen-bond donors (Lipinski definition) is 0. The quantitative estimate of drug-likeness (QED) is 0.447. The molecule has 1 aliphatic carbocycles. The van der Waals surface area contributed by atoms with Crippen LogP contribution in [0.25, 0.3) is 11.4 Å². The van der Waals surface area contributed by atoms with Crippen molar-refractivity contribution in [1.29, 1.82) is 0 Å². The van der Waals surface area contributed by atoms with Crippen LogP contribution in [0.1, 0.15) is 49.8 Å². The summed E-state index contributed by atoms with van der Waals surface area (Å²) in [7, 11) is 0. The predicted octanol–water partition coefficient (Wildman–Crippen LogP) is 5.78. The number of nitrogens with zero attached hydrogens (tertiary/aromatic N) is 4. The molecule has 0 spiro atoms. The molecule has 32 heavy (non-hydrogen) atoms. The number of rotatable bonds is 5. The van der Waals surface area contributed by atoms with Crippen LogP contribution in [0, 0.1) is 0 Å². The zero-order valence-electron chi connectivity index (χ0n) is 18.2. The maximum atomic E-state index is 13.3. The molecule has 1 amide bonds. The number of aromatic nitrogens is 3. The number of halogens is 1. The maximum absolute atomic E-state index is 13.3. The second-order valence-corrected chi connectivity index (χ2v) is 10.3. The number of thioether (sulfide) groups is 1. The topological polar surface area (TPSA) is 51.0 Å². The Morgan fingerprint density at radius 1 is 1.06 bits per heavy atom. The van der Waals surface area contributed by atoms with E-state index in [1.807, 2.05) is 42.2 Å². The molecule has 2 aliphatic rings. The molecular weight excluding hydrogens is 440 g/mol. The van der Waals surface area contributed by atoms with E-state index in [9.17, 15) is 4.79 Å². The molecule has 1 unspecified atom stereocenters. The summed E-state index contributed by atoms with van der Waals surface area (Å²) in [5.74, 6) is 0.960. The summed E-state index contributed by atoms with van der Waals surface area (Å²) in [5, 5.41) is 10.3. The Hall–Kier alpha value is -2.31. The van der Waals surface area contributed by atoms with Crippen molar-refractivity contribution in [2.24, 2.45) is 0 Å². The Bertz CT molecular complexity index is 1120. The summed E-state index contributed by atoms with van der Waals surface area (Å²) in [4.78, 5) is 15.3. The lowest BCUT2D eigenvalue weighted by atomic mass is 10.00. The van der Waals surface area contributed by atoms with E-state index in [1.54, 1.807) is 0 Å². The van der Waals surface area contributed by atoms with Crippen molar-refractivity contribution >= 4 is 29.3 Å². The first-order valence-corrected chi connectivity index (χ1v) is 12.6. The monoisotopic (exact) mass is 466 g/mol. The minimum Gasteiger partial charge on any atom is -0.337 e. The number of benzene rings is 2. The minimum atomic E-state index is -0.233. The lowest BCUT2D eigenvalue weighted by Crippen LogP contribution is -2.40. The lowest BCUT2D eigenvalue weighted by molar-refractivity contribution is -0.131. The average Bonchev–Trinajstić information content (AvgIpc) is 3.48. The van der Waals surface area contributed by atoms with Crippen LogP contribution in [0.4, 0.5) is 0 Å². The predicted molar refractivity (Wildman–Crippen MR) is 129 cm³/mol. The summed E-state index contributed by atoms with van der Waals surface area (Å²) in [6, 6.07) is 16.5. The van der Waals surface area contributed by atoms with Gasteiger partial charge in [0.2, 0.25) is 5.91 Å². The van der Waals surface area contributed by atoms with Gasteiger partial charge in [-0.2, -0.15) is 0 Å². The van der Waals surface area contributed by atoms with Gasteiger partial charge in [0.25, 0.3) is 0 Å². The zero-order chi connectivity index (χ0) is 22.1. The standard InChI is InChI=1S/C25H27ClN4OS/c1-17(24(31)29-15-14-18-8-2-3-9-19(18)16-29)32-25-28-27-23(21-12-6-7-13-22(21)26)30(25)20-10-4-5-11-20/h2-3,6-9,12-13,17,20H,4-5,10-11,14-16H2,1H3. The van der Waals surface area contributed by atoms with Crippen molar-refractivity contribution in [1.82, 2.24) is 19.7 Å². The van der Waals surface area contributed by atoms with Crippen LogP contribution < -0.4 is 0 Å². The van der Waals surface area contributed by atoms with Crippen LogP contribution >= 0.6 is 23.4 Å². The number of carbonyl (C=O) groups excluding carboxylic acids is 1. The smallest absolute Gasteiger partial charge is 0.236 e.